The van der Waals surface area contributed by atoms with Gasteiger partial charge in [0, 0.05) is 0 Å². The Morgan fingerprint density at radius 3 is 2.11 bits per heavy atom. The van der Waals surface area contributed by atoms with Crippen LogP contribution in [0, 0.1) is 0 Å². The van der Waals surface area contributed by atoms with E-state index in [0.29, 0.717) is 0 Å². The van der Waals surface area contributed by atoms with Crippen molar-refractivity contribution in [1.82, 2.24) is 5.32 Å². The summed E-state index contributed by atoms with van der Waals surface area (Å²) in [5.74, 6) is 0. The minimum absolute atomic E-state index is 0.0576. The van der Waals surface area contributed by atoms with E-state index in [1.165, 1.54) is 0 Å². The normalized spacial score (nSPS) is 12.1. The molecule has 0 heterocycles. The van der Waals surface area contributed by atoms with Crippen molar-refractivity contribution < 1.29 is 21.0 Å². The van der Waals surface area contributed by atoms with E-state index in [1.54, 1.807) is 0 Å². The molecule has 0 fully saturated rings. The summed E-state index contributed by atoms with van der Waals surface area (Å²) >= 11 is 3.02. The molecule has 0 spiro atoms. The first-order valence-electron chi connectivity index (χ1n) is 5.83. The number of nitrogens with one attached hydrogen (secondary N) is 1. The molecular formula is C15H15CrNO. The predicted octanol–water partition coefficient (Wildman–Crippen LogP) is 2.03. The van der Waals surface area contributed by atoms with Crippen molar-refractivity contribution in [3.63, 3.8) is 0 Å². The molecule has 2 aromatic rings. The summed E-state index contributed by atoms with van der Waals surface area (Å²) in [4.78, 5) is 0. The van der Waals surface area contributed by atoms with Gasteiger partial charge in [-0.2, -0.15) is 0 Å². The van der Waals surface area contributed by atoms with Crippen LogP contribution in [0.5, 0.6) is 0 Å². The van der Waals surface area contributed by atoms with Crippen molar-refractivity contribution in [3.05, 3.63) is 71.8 Å². The van der Waals surface area contributed by atoms with Crippen LogP contribution in [0.25, 0.3) is 0 Å². The number of aliphatic hydroxyl groups is 1. The zero-order chi connectivity index (χ0) is 12.8. The molecule has 92 valence electrons. The van der Waals surface area contributed by atoms with Crippen LogP contribution in [0.2, 0.25) is 0 Å². The molecule has 3 heteroatoms. The zero-order valence-electron chi connectivity index (χ0n) is 9.91. The van der Waals surface area contributed by atoms with Crippen molar-refractivity contribution >= 4 is 4.50 Å². The topological polar surface area (TPSA) is 32.3 Å². The SMILES string of the molecule is OC[C@H](N[C](=[Cr])c1ccccc1)c1ccccc1. The molecule has 0 aliphatic rings. The third-order valence-corrected chi connectivity index (χ3v) is 3.28. The summed E-state index contributed by atoms with van der Waals surface area (Å²) in [6.45, 7) is 0.0576. The van der Waals surface area contributed by atoms with Crippen LogP contribution in [0.3, 0.4) is 0 Å². The first-order chi connectivity index (χ1) is 8.81. The van der Waals surface area contributed by atoms with E-state index in [1.807, 2.05) is 60.7 Å². The van der Waals surface area contributed by atoms with Gasteiger partial charge in [0.25, 0.3) is 0 Å². The molecule has 2 nitrogen and oxygen atoms in total. The average molecular weight is 277 g/mol. The fourth-order valence-corrected chi connectivity index (χ4v) is 2.19. The number of rotatable bonds is 5. The van der Waals surface area contributed by atoms with Crippen LogP contribution in [-0.2, 0) is 15.9 Å². The van der Waals surface area contributed by atoms with Crippen molar-refractivity contribution in [2.24, 2.45) is 0 Å². The van der Waals surface area contributed by atoms with Crippen LogP contribution < -0.4 is 5.32 Å². The number of hydrogen-bond acceptors (Lipinski definition) is 2. The Labute approximate surface area is 115 Å². The van der Waals surface area contributed by atoms with E-state index < -0.39 is 0 Å². The second-order valence-corrected chi connectivity index (χ2v) is 4.62. The second-order valence-electron chi connectivity index (χ2n) is 3.99. The number of aliphatic hydroxyl groups excluding tert-OH is 1. The van der Waals surface area contributed by atoms with Gasteiger partial charge in [-0.3, -0.25) is 0 Å². The van der Waals surface area contributed by atoms with Crippen LogP contribution in [0.1, 0.15) is 17.2 Å². The van der Waals surface area contributed by atoms with Gasteiger partial charge in [-0.1, -0.05) is 0 Å². The summed E-state index contributed by atoms with van der Waals surface area (Å²) in [6.07, 6.45) is 0. The molecule has 2 rings (SSSR count). The molecule has 2 N–H and O–H groups in total. The molecule has 2 aromatic carbocycles. The Bertz CT molecular complexity index is 498. The number of benzene rings is 2. The molecule has 0 amide bonds. The first-order valence-corrected chi connectivity index (χ1v) is 6.46. The van der Waals surface area contributed by atoms with E-state index in [0.717, 1.165) is 15.6 Å². The van der Waals surface area contributed by atoms with Crippen molar-refractivity contribution in [1.29, 1.82) is 0 Å². The molecule has 1 atom stereocenters. The van der Waals surface area contributed by atoms with E-state index >= 15 is 0 Å². The van der Waals surface area contributed by atoms with Crippen LogP contribution in [-0.4, -0.2) is 16.2 Å². The summed E-state index contributed by atoms with van der Waals surface area (Å²) in [5, 5.41) is 12.8. The summed E-state index contributed by atoms with van der Waals surface area (Å²) < 4.78 is 0.943. The summed E-state index contributed by atoms with van der Waals surface area (Å²) in [6, 6.07) is 19.9. The Morgan fingerprint density at radius 1 is 1.00 bits per heavy atom. The maximum atomic E-state index is 9.49. The molecule has 0 aromatic heterocycles. The molecule has 0 saturated heterocycles. The molecular weight excluding hydrogens is 262 g/mol. The van der Waals surface area contributed by atoms with Crippen molar-refractivity contribution in [2.75, 3.05) is 6.61 Å². The monoisotopic (exact) mass is 277 g/mol. The van der Waals surface area contributed by atoms with Gasteiger partial charge in [-0.05, 0) is 0 Å². The first kappa shape index (κ1) is 13.2. The Hall–Kier alpha value is -1.24. The van der Waals surface area contributed by atoms with Gasteiger partial charge in [0.2, 0.25) is 0 Å². The summed E-state index contributed by atoms with van der Waals surface area (Å²) in [5.41, 5.74) is 2.16. The van der Waals surface area contributed by atoms with Gasteiger partial charge in [-0.15, -0.1) is 0 Å². The summed E-state index contributed by atoms with van der Waals surface area (Å²) in [7, 11) is 0. The second kappa shape index (κ2) is 6.63. The van der Waals surface area contributed by atoms with Crippen molar-refractivity contribution in [2.45, 2.75) is 6.04 Å². The van der Waals surface area contributed by atoms with Crippen molar-refractivity contribution in [3.8, 4) is 0 Å². The molecule has 0 saturated carbocycles. The minimum atomic E-state index is -0.0948. The van der Waals surface area contributed by atoms with E-state index in [-0.39, 0.29) is 12.6 Å². The van der Waals surface area contributed by atoms with Gasteiger partial charge in [-0.25, -0.2) is 0 Å². The fraction of sp³-hybridized carbons (Fsp3) is 0.133. The van der Waals surface area contributed by atoms with Gasteiger partial charge in [0.1, 0.15) is 0 Å². The van der Waals surface area contributed by atoms with E-state index in [2.05, 4.69) is 21.2 Å². The molecule has 0 aliphatic heterocycles. The maximum absolute atomic E-state index is 9.49. The van der Waals surface area contributed by atoms with Gasteiger partial charge in [0.05, 0.1) is 0 Å². The molecule has 0 unspecified atom stereocenters. The standard InChI is InChI=1S/C15H15NO.Cr/c17-12-15(14-9-5-2-6-10-14)16-11-13-7-3-1-4-8-13;/h1-10,15-17H,12H2;/t15-;/m0./s1. The quantitative estimate of drug-likeness (QED) is 0.876. The van der Waals surface area contributed by atoms with Crippen LogP contribution >= 0.6 is 0 Å². The molecule has 18 heavy (non-hydrogen) atoms. The predicted molar refractivity (Wildman–Crippen MR) is 70.0 cm³/mol. The molecule has 0 bridgehead atoms. The molecule has 0 aliphatic carbocycles. The van der Waals surface area contributed by atoms with Crippen LogP contribution in [0.4, 0.5) is 0 Å². The van der Waals surface area contributed by atoms with Gasteiger partial charge in [0.15, 0.2) is 0 Å². The average Bonchev–Trinajstić information content (AvgIpc) is 2.46. The van der Waals surface area contributed by atoms with E-state index in [9.17, 15) is 5.11 Å². The Kier molecular flexibility index (Phi) is 4.86. The third-order valence-electron chi connectivity index (χ3n) is 2.73. The van der Waals surface area contributed by atoms with Crippen LogP contribution in [0.15, 0.2) is 60.7 Å². The van der Waals surface area contributed by atoms with Gasteiger partial charge >= 0.3 is 115 Å². The fourth-order valence-electron chi connectivity index (χ4n) is 1.75. The third kappa shape index (κ3) is 3.38. The number of hydrogen-bond donors (Lipinski definition) is 2. The Morgan fingerprint density at radius 2 is 1.56 bits per heavy atom. The van der Waals surface area contributed by atoms with E-state index in [4.69, 9.17) is 0 Å². The zero-order valence-corrected chi connectivity index (χ0v) is 11.2. The Balaban J connectivity index is 2.10. The molecule has 0 radical (unpaired) electrons. The van der Waals surface area contributed by atoms with Gasteiger partial charge < -0.3 is 0 Å².